The number of rotatable bonds is 5. The van der Waals surface area contributed by atoms with Crippen LogP contribution in [0.3, 0.4) is 0 Å². The van der Waals surface area contributed by atoms with Gasteiger partial charge in [0.1, 0.15) is 0 Å². The molecule has 0 aliphatic carbocycles. The summed E-state index contributed by atoms with van der Waals surface area (Å²) in [7, 11) is 1.52. The predicted octanol–water partition coefficient (Wildman–Crippen LogP) is 6.92. The summed E-state index contributed by atoms with van der Waals surface area (Å²) in [4.78, 5) is 22.1. The van der Waals surface area contributed by atoms with Crippen molar-refractivity contribution in [1.82, 2.24) is 0 Å². The quantitative estimate of drug-likeness (QED) is 0.164. The Morgan fingerprint density at radius 2 is 1.71 bits per heavy atom. The van der Waals surface area contributed by atoms with E-state index in [-0.39, 0.29) is 5.91 Å². The van der Waals surface area contributed by atoms with Gasteiger partial charge in [-0.3, -0.25) is 4.79 Å². The smallest absolute Gasteiger partial charge is 0.282 e. The minimum absolute atomic E-state index is 0.218. The highest BCUT2D eigenvalue weighted by atomic mass is 32.1. The van der Waals surface area contributed by atoms with Crippen LogP contribution in [0.25, 0.3) is 16.5 Å². The van der Waals surface area contributed by atoms with E-state index in [0.29, 0.717) is 17.1 Å². The summed E-state index contributed by atoms with van der Waals surface area (Å²) in [5.41, 5.74) is 6.17. The Morgan fingerprint density at radius 3 is 2.47 bits per heavy atom. The van der Waals surface area contributed by atoms with Crippen LogP contribution < -0.4 is 9.91 Å². The number of nitrogens with zero attached hydrogens (tertiary/aromatic N) is 4. The van der Waals surface area contributed by atoms with Crippen molar-refractivity contribution in [2.24, 2.45) is 10.1 Å². The lowest BCUT2D eigenvalue weighted by Crippen LogP contribution is -2.24. The molecular weight excluding hydrogens is 492 g/mol. The number of fused-ring (bicyclic) bond motifs is 1. The normalized spacial score (nSPS) is 16.3. The van der Waals surface area contributed by atoms with Crippen molar-refractivity contribution >= 4 is 52.6 Å². The lowest BCUT2D eigenvalue weighted by Gasteiger charge is -2.31. The molecule has 3 heterocycles. The van der Waals surface area contributed by atoms with Crippen LogP contribution >= 0.6 is 11.3 Å². The molecule has 2 aliphatic rings. The van der Waals surface area contributed by atoms with E-state index in [0.717, 1.165) is 29.1 Å². The maximum Gasteiger partial charge on any atom is 0.282 e. The Bertz CT molecular complexity index is 1560. The molecule has 0 saturated heterocycles. The summed E-state index contributed by atoms with van der Waals surface area (Å²) >= 11 is 1.65. The molecule has 4 aromatic rings. The van der Waals surface area contributed by atoms with Gasteiger partial charge in [0.15, 0.2) is 12.2 Å². The Kier molecular flexibility index (Phi) is 6.58. The molecule has 0 radical (unpaired) electrons. The molecular formula is C31H26N4O2S. The molecule has 0 N–H and O–H groups in total. The van der Waals surface area contributed by atoms with Gasteiger partial charge in [-0.25, -0.2) is 0 Å². The van der Waals surface area contributed by atoms with Gasteiger partial charge < -0.3 is 9.64 Å². The van der Waals surface area contributed by atoms with Gasteiger partial charge in [0.25, 0.3) is 5.91 Å². The van der Waals surface area contributed by atoms with Gasteiger partial charge in [0.2, 0.25) is 0 Å². The third-order valence-corrected chi connectivity index (χ3v) is 7.68. The van der Waals surface area contributed by atoms with Crippen LogP contribution in [0.5, 0.6) is 0 Å². The van der Waals surface area contributed by atoms with E-state index in [2.05, 4.69) is 69.6 Å². The summed E-state index contributed by atoms with van der Waals surface area (Å²) < 4.78 is 4.99. The first-order chi connectivity index (χ1) is 18.7. The zero-order valence-electron chi connectivity index (χ0n) is 20.9. The molecule has 38 heavy (non-hydrogen) atoms. The van der Waals surface area contributed by atoms with Crippen molar-refractivity contribution in [3.8, 4) is 10.4 Å². The lowest BCUT2D eigenvalue weighted by molar-refractivity contribution is -0.114. The Balaban J connectivity index is 1.29. The van der Waals surface area contributed by atoms with Gasteiger partial charge in [-0.1, -0.05) is 42.5 Å². The molecule has 0 saturated carbocycles. The van der Waals surface area contributed by atoms with Gasteiger partial charge >= 0.3 is 0 Å². The molecule has 0 spiro atoms. The number of carbonyl (C=O) groups is 1. The molecule has 3 aromatic carbocycles. The van der Waals surface area contributed by atoms with Crippen LogP contribution in [0.4, 0.5) is 17.1 Å². The van der Waals surface area contributed by atoms with Gasteiger partial charge in [0, 0.05) is 27.7 Å². The molecule has 1 amide bonds. The third kappa shape index (κ3) is 4.64. The number of aryl methyl sites for hydroxylation is 1. The minimum atomic E-state index is -0.218. The van der Waals surface area contributed by atoms with Crippen molar-refractivity contribution in [3.05, 3.63) is 107 Å². The van der Waals surface area contributed by atoms with Crippen LogP contribution in [0, 0.1) is 0 Å². The maximum absolute atomic E-state index is 13.3. The Labute approximate surface area is 225 Å². The summed E-state index contributed by atoms with van der Waals surface area (Å²) in [6.45, 7) is 1.02. The SMILES string of the molecule is COC=NC1=NN(c2ccccc2)C(=O)/C1=C\c1ccc(-c2ccc3c(c2)CCCN3c2ccccc2)s1. The van der Waals surface area contributed by atoms with E-state index >= 15 is 0 Å². The molecule has 0 unspecified atom stereocenters. The largest absolute Gasteiger partial charge is 0.486 e. The second-order valence-electron chi connectivity index (χ2n) is 9.04. The van der Waals surface area contributed by atoms with Crippen molar-refractivity contribution in [2.45, 2.75) is 12.8 Å². The average molecular weight is 519 g/mol. The number of amides is 1. The van der Waals surface area contributed by atoms with Gasteiger partial charge in [-0.2, -0.15) is 10.0 Å². The standard InChI is InChI=1S/C31H26N4O2S/c1-37-21-32-30-27(31(36)35(33-30)25-12-6-3-7-13-25)20-26-15-17-29(38-26)23-14-16-28-22(19-23)9-8-18-34(28)24-10-4-2-5-11-24/h2-7,10-17,19-21H,8-9,18H2,1H3/b27-20-,32-21?. The van der Waals surface area contributed by atoms with Crippen LogP contribution in [-0.2, 0) is 16.0 Å². The van der Waals surface area contributed by atoms with Gasteiger partial charge in [-0.15, -0.1) is 16.4 Å². The van der Waals surface area contributed by atoms with Crippen molar-refractivity contribution in [2.75, 3.05) is 23.6 Å². The molecule has 188 valence electrons. The number of ether oxygens (including phenoxy) is 1. The Hall–Kier alpha value is -4.49. The summed E-state index contributed by atoms with van der Waals surface area (Å²) in [6, 6.07) is 30.8. The number of amidine groups is 1. The highest BCUT2D eigenvalue weighted by Crippen LogP contribution is 2.38. The molecule has 0 bridgehead atoms. The van der Waals surface area contributed by atoms with E-state index in [1.165, 1.54) is 41.0 Å². The summed E-state index contributed by atoms with van der Waals surface area (Å²) in [6.07, 6.45) is 5.34. The number of hydrogen-bond donors (Lipinski definition) is 0. The fourth-order valence-corrected chi connectivity index (χ4v) is 5.77. The van der Waals surface area contributed by atoms with Crippen LogP contribution in [0.15, 0.2) is 107 Å². The number of methoxy groups -OCH3 is 1. The van der Waals surface area contributed by atoms with E-state index in [1.54, 1.807) is 11.3 Å². The fraction of sp³-hybridized carbons (Fsp3) is 0.129. The van der Waals surface area contributed by atoms with Gasteiger partial charge in [0.05, 0.1) is 18.4 Å². The second-order valence-corrected chi connectivity index (χ2v) is 10.2. The number of hydrazone groups is 1. The number of carbonyl (C=O) groups excluding carboxylic acids is 1. The highest BCUT2D eigenvalue weighted by molar-refractivity contribution is 7.16. The summed E-state index contributed by atoms with van der Waals surface area (Å²) in [5.74, 6) is 0.106. The molecule has 0 atom stereocenters. The average Bonchev–Trinajstić information content (AvgIpc) is 3.57. The first kappa shape index (κ1) is 23.9. The van der Waals surface area contributed by atoms with Crippen LogP contribution in [0.2, 0.25) is 0 Å². The van der Waals surface area contributed by atoms with E-state index in [9.17, 15) is 4.79 Å². The fourth-order valence-electron chi connectivity index (χ4n) is 4.83. The lowest BCUT2D eigenvalue weighted by atomic mass is 9.98. The number of hydrogen-bond acceptors (Lipinski definition) is 6. The topological polar surface area (TPSA) is 57.5 Å². The van der Waals surface area contributed by atoms with E-state index < -0.39 is 0 Å². The van der Waals surface area contributed by atoms with E-state index in [4.69, 9.17) is 4.74 Å². The molecule has 1 aromatic heterocycles. The van der Waals surface area contributed by atoms with Gasteiger partial charge in [-0.05, 0) is 78.6 Å². The highest BCUT2D eigenvalue weighted by Gasteiger charge is 2.31. The minimum Gasteiger partial charge on any atom is -0.486 e. The zero-order valence-corrected chi connectivity index (χ0v) is 21.8. The molecule has 7 heteroatoms. The number of para-hydroxylation sites is 2. The Morgan fingerprint density at radius 1 is 0.947 bits per heavy atom. The zero-order chi connectivity index (χ0) is 25.9. The van der Waals surface area contributed by atoms with Crippen molar-refractivity contribution in [1.29, 1.82) is 0 Å². The molecule has 6 nitrogen and oxygen atoms in total. The monoisotopic (exact) mass is 518 g/mol. The molecule has 2 aliphatic heterocycles. The van der Waals surface area contributed by atoms with Crippen molar-refractivity contribution < 1.29 is 9.53 Å². The molecule has 0 fully saturated rings. The maximum atomic E-state index is 13.3. The number of anilines is 3. The number of benzene rings is 3. The van der Waals surface area contributed by atoms with Crippen LogP contribution in [0.1, 0.15) is 16.9 Å². The number of thiophene rings is 1. The third-order valence-electron chi connectivity index (χ3n) is 6.60. The van der Waals surface area contributed by atoms with E-state index in [1.807, 2.05) is 42.5 Å². The number of aliphatic imine (C=N–C) groups is 1. The van der Waals surface area contributed by atoms with Crippen LogP contribution in [-0.4, -0.2) is 31.8 Å². The second kappa shape index (κ2) is 10.5. The summed E-state index contributed by atoms with van der Waals surface area (Å²) in [5, 5.41) is 5.83. The first-order valence-corrected chi connectivity index (χ1v) is 13.3. The predicted molar refractivity (Wildman–Crippen MR) is 156 cm³/mol. The first-order valence-electron chi connectivity index (χ1n) is 12.5. The molecule has 6 rings (SSSR count). The van der Waals surface area contributed by atoms with Crippen molar-refractivity contribution in [3.63, 3.8) is 0 Å².